The minimum atomic E-state index is -5.08. The number of methoxy groups -OCH3 is 2. The van der Waals surface area contributed by atoms with Crippen LogP contribution in [0.1, 0.15) is 5.56 Å². The first kappa shape index (κ1) is 21.4. The van der Waals surface area contributed by atoms with Gasteiger partial charge in [-0.3, -0.25) is 4.72 Å². The maximum atomic E-state index is 13.5. The number of hydrogen-bond acceptors (Lipinski definition) is 7. The second-order valence-electron chi connectivity index (χ2n) is 5.74. The molecule has 13 heteroatoms. The molecule has 0 saturated carbocycles. The number of nitrogens with zero attached hydrogens (tertiary/aromatic N) is 2. The number of alkyl halides is 3. The predicted octanol–water partition coefficient (Wildman–Crippen LogP) is 3.71. The lowest BCUT2D eigenvalue weighted by Crippen LogP contribution is -2.16. The minimum Gasteiger partial charge on any atom is -0.493 e. The van der Waals surface area contributed by atoms with Crippen molar-refractivity contribution in [3.05, 3.63) is 48.0 Å². The summed E-state index contributed by atoms with van der Waals surface area (Å²) in [6.45, 7) is 0. The monoisotopic (exact) mass is 447 g/mol. The third kappa shape index (κ3) is 4.15. The van der Waals surface area contributed by atoms with Gasteiger partial charge in [0.2, 0.25) is 0 Å². The van der Waals surface area contributed by atoms with Gasteiger partial charge in [0, 0.05) is 6.07 Å². The summed E-state index contributed by atoms with van der Waals surface area (Å²) < 4.78 is 95.2. The summed E-state index contributed by atoms with van der Waals surface area (Å²) in [5, 5.41) is 3.44. The highest BCUT2D eigenvalue weighted by atomic mass is 32.2. The molecule has 1 heterocycles. The molecule has 160 valence electrons. The van der Waals surface area contributed by atoms with Crippen molar-refractivity contribution in [2.24, 2.45) is 0 Å². The molecule has 1 aromatic heterocycles. The molecule has 3 aromatic rings. The second kappa shape index (κ2) is 7.82. The predicted molar refractivity (Wildman–Crippen MR) is 95.0 cm³/mol. The number of halogens is 4. The topological polar surface area (TPSA) is 104 Å². The summed E-state index contributed by atoms with van der Waals surface area (Å²) in [6, 6.07) is 3.90. The highest BCUT2D eigenvalue weighted by Crippen LogP contribution is 2.39. The maximum absolute atomic E-state index is 13.5. The number of ether oxygens (including phenoxy) is 2. The average Bonchev–Trinajstić information content (AvgIpc) is 3.21. The third-order valence-electron chi connectivity index (χ3n) is 3.91. The van der Waals surface area contributed by atoms with E-state index >= 15 is 0 Å². The summed E-state index contributed by atoms with van der Waals surface area (Å²) in [4.78, 5) is 3.03. The molecule has 8 nitrogen and oxygen atoms in total. The number of rotatable bonds is 6. The van der Waals surface area contributed by atoms with Crippen molar-refractivity contribution >= 4 is 15.7 Å². The Morgan fingerprint density at radius 3 is 2.30 bits per heavy atom. The van der Waals surface area contributed by atoms with Crippen LogP contribution in [0.25, 0.3) is 11.5 Å². The highest BCUT2D eigenvalue weighted by Gasteiger charge is 2.35. The molecule has 0 aliphatic carbocycles. The van der Waals surface area contributed by atoms with E-state index in [0.717, 1.165) is 6.33 Å². The van der Waals surface area contributed by atoms with Crippen LogP contribution < -0.4 is 14.2 Å². The van der Waals surface area contributed by atoms with Crippen LogP contribution in [0.5, 0.6) is 11.5 Å². The summed E-state index contributed by atoms with van der Waals surface area (Å²) in [5.74, 6) is -1.37. The zero-order valence-corrected chi connectivity index (χ0v) is 16.1. The van der Waals surface area contributed by atoms with Crippen LogP contribution in [-0.2, 0) is 16.2 Å². The molecule has 30 heavy (non-hydrogen) atoms. The van der Waals surface area contributed by atoms with E-state index in [0.29, 0.717) is 12.1 Å². The fourth-order valence-electron chi connectivity index (χ4n) is 2.52. The lowest BCUT2D eigenvalue weighted by molar-refractivity contribution is -0.140. The molecule has 0 radical (unpaired) electrons. The van der Waals surface area contributed by atoms with Crippen molar-refractivity contribution in [2.75, 3.05) is 18.9 Å². The summed E-state index contributed by atoms with van der Waals surface area (Å²) in [5.41, 5.74) is -1.78. The van der Waals surface area contributed by atoms with E-state index in [1.54, 1.807) is 0 Å². The molecule has 0 saturated heterocycles. The quantitative estimate of drug-likeness (QED) is 0.575. The van der Waals surface area contributed by atoms with E-state index in [4.69, 9.17) is 14.0 Å². The van der Waals surface area contributed by atoms with Gasteiger partial charge >= 0.3 is 6.18 Å². The number of anilines is 1. The van der Waals surface area contributed by atoms with Crippen molar-refractivity contribution in [3.63, 3.8) is 0 Å². The minimum absolute atomic E-state index is 0.0758. The average molecular weight is 447 g/mol. The van der Waals surface area contributed by atoms with E-state index in [1.807, 2.05) is 0 Å². The fraction of sp³-hybridized carbons (Fsp3) is 0.176. The molecule has 0 atom stereocenters. The number of hydrogen-bond donors (Lipinski definition) is 1. The number of benzene rings is 2. The molecule has 0 unspecified atom stereocenters. The lowest BCUT2D eigenvalue weighted by Gasteiger charge is -2.16. The largest absolute Gasteiger partial charge is 0.493 e. The number of nitrogens with one attached hydrogen (secondary N) is 1. The van der Waals surface area contributed by atoms with Gasteiger partial charge in [0.15, 0.2) is 17.8 Å². The Bertz CT molecular complexity index is 1160. The molecular weight excluding hydrogens is 434 g/mol. The first-order valence-corrected chi connectivity index (χ1v) is 9.47. The number of aromatic nitrogens is 2. The van der Waals surface area contributed by atoms with Crippen LogP contribution in [0.2, 0.25) is 0 Å². The van der Waals surface area contributed by atoms with Crippen LogP contribution in [0.4, 0.5) is 23.2 Å². The zero-order chi connectivity index (χ0) is 22.1. The molecule has 0 spiro atoms. The van der Waals surface area contributed by atoms with E-state index < -0.39 is 32.5 Å². The van der Waals surface area contributed by atoms with Gasteiger partial charge in [-0.15, -0.1) is 0 Å². The first-order chi connectivity index (χ1) is 14.1. The Balaban J connectivity index is 2.11. The van der Waals surface area contributed by atoms with E-state index in [-0.39, 0.29) is 34.7 Å². The third-order valence-corrected chi connectivity index (χ3v) is 5.28. The van der Waals surface area contributed by atoms with E-state index in [2.05, 4.69) is 14.9 Å². The van der Waals surface area contributed by atoms with Crippen molar-refractivity contribution in [1.29, 1.82) is 0 Å². The van der Waals surface area contributed by atoms with Gasteiger partial charge in [-0.1, -0.05) is 5.16 Å². The number of sulfonamides is 1. The van der Waals surface area contributed by atoms with Gasteiger partial charge in [-0.2, -0.15) is 18.2 Å². The summed E-state index contributed by atoms with van der Waals surface area (Å²) >= 11 is 0. The Kier molecular flexibility index (Phi) is 5.57. The van der Waals surface area contributed by atoms with Gasteiger partial charge in [-0.25, -0.2) is 12.8 Å². The smallest absolute Gasteiger partial charge is 0.419 e. The van der Waals surface area contributed by atoms with Crippen LogP contribution in [-0.4, -0.2) is 32.8 Å². The molecule has 0 aliphatic rings. The maximum Gasteiger partial charge on any atom is 0.419 e. The fourth-order valence-corrected chi connectivity index (χ4v) is 3.62. The Morgan fingerprint density at radius 1 is 1.07 bits per heavy atom. The Morgan fingerprint density at radius 2 is 1.73 bits per heavy atom. The summed E-state index contributed by atoms with van der Waals surface area (Å²) in [6.07, 6.45) is -4.01. The normalized spacial score (nSPS) is 11.9. The molecular formula is C17H13F4N3O5S. The zero-order valence-electron chi connectivity index (χ0n) is 15.3. The molecule has 1 N–H and O–H groups in total. The van der Waals surface area contributed by atoms with E-state index in [1.165, 1.54) is 26.4 Å². The van der Waals surface area contributed by atoms with Gasteiger partial charge in [0.25, 0.3) is 15.9 Å². The van der Waals surface area contributed by atoms with Crippen molar-refractivity contribution in [1.82, 2.24) is 10.1 Å². The van der Waals surface area contributed by atoms with Crippen LogP contribution >= 0.6 is 0 Å². The van der Waals surface area contributed by atoms with Crippen LogP contribution in [0, 0.1) is 5.82 Å². The molecule has 2 aromatic carbocycles. The Labute approximate surface area is 167 Å². The van der Waals surface area contributed by atoms with Crippen LogP contribution in [0.3, 0.4) is 0 Å². The van der Waals surface area contributed by atoms with Crippen molar-refractivity contribution in [2.45, 2.75) is 11.1 Å². The Hall–Kier alpha value is -3.35. The van der Waals surface area contributed by atoms with Crippen LogP contribution in [0.15, 0.2) is 46.1 Å². The first-order valence-electron chi connectivity index (χ1n) is 7.99. The molecule has 0 bridgehead atoms. The van der Waals surface area contributed by atoms with Gasteiger partial charge < -0.3 is 14.0 Å². The standard InChI is InChI=1S/C17H13F4N3O5S/c1-27-14-6-10(16-22-8-23-29-16)13(7-15(14)28-2)24-30(25,26)9-3-4-12(18)11(5-9)17(19,20)21/h3-8,24H,1-2H3. The molecule has 0 fully saturated rings. The second-order valence-corrected chi connectivity index (χ2v) is 7.43. The molecule has 0 aliphatic heterocycles. The van der Waals surface area contributed by atoms with Crippen molar-refractivity contribution < 1.29 is 40.0 Å². The molecule has 0 amide bonds. The van der Waals surface area contributed by atoms with Gasteiger partial charge in [-0.05, 0) is 24.3 Å². The highest BCUT2D eigenvalue weighted by molar-refractivity contribution is 7.92. The lowest BCUT2D eigenvalue weighted by atomic mass is 10.1. The SMILES string of the molecule is COc1cc(NS(=O)(=O)c2ccc(F)c(C(F)(F)F)c2)c(-c2ncno2)cc1OC. The van der Waals surface area contributed by atoms with E-state index in [9.17, 15) is 26.0 Å². The van der Waals surface area contributed by atoms with Gasteiger partial charge in [0.05, 0.1) is 35.9 Å². The van der Waals surface area contributed by atoms with Gasteiger partial charge in [0.1, 0.15) is 5.82 Å². The molecule has 3 rings (SSSR count). The summed E-state index contributed by atoms with van der Waals surface area (Å²) in [7, 11) is -1.93. The van der Waals surface area contributed by atoms with Crippen molar-refractivity contribution in [3.8, 4) is 23.0 Å².